The monoisotopic (exact) mass is 902 g/mol. The molecule has 0 aliphatic rings. The number of benzene rings is 6. The molecule has 6 aromatic carbocycles. The fraction of sp³-hybridized carbons (Fsp3) is 0.0741. The Bertz CT molecular complexity index is 2770. The van der Waals surface area contributed by atoms with E-state index < -0.39 is 0 Å². The number of rotatable bonds is 16. The molecule has 0 unspecified atom stereocenters. The van der Waals surface area contributed by atoms with Crippen LogP contribution < -0.4 is 28.7 Å². The maximum atomic E-state index is 10.0. The molecule has 8 rings (SSSR count). The maximum Gasteiger partial charge on any atom is 0.177 e. The minimum atomic E-state index is -0.0733. The van der Waals surface area contributed by atoms with Crippen molar-refractivity contribution in [1.29, 1.82) is 10.5 Å². The van der Waals surface area contributed by atoms with Crippen molar-refractivity contribution in [3.8, 4) is 56.0 Å². The summed E-state index contributed by atoms with van der Waals surface area (Å²) in [7, 11) is 6.62. The van der Waals surface area contributed by atoms with Gasteiger partial charge in [0.1, 0.15) is 35.1 Å². The molecule has 12 heteroatoms. The van der Waals surface area contributed by atoms with Crippen LogP contribution in [0.5, 0.6) is 23.0 Å². The average molecular weight is 903 g/mol. The molecule has 10 nitrogen and oxygen atoms in total. The lowest BCUT2D eigenvalue weighted by atomic mass is 10.1. The van der Waals surface area contributed by atoms with Gasteiger partial charge in [-0.3, -0.25) is 0 Å². The van der Waals surface area contributed by atoms with Gasteiger partial charge in [-0.25, -0.2) is 9.98 Å². The van der Waals surface area contributed by atoms with Crippen LogP contribution in [0.4, 0.5) is 34.1 Å². The minimum absolute atomic E-state index is 0.0733. The molecule has 0 spiro atoms. The lowest BCUT2D eigenvalue weighted by molar-refractivity contribution is 0.414. The summed E-state index contributed by atoms with van der Waals surface area (Å²) in [5.41, 5.74) is 7.79. The van der Waals surface area contributed by atoms with Gasteiger partial charge in [0.15, 0.2) is 11.4 Å². The van der Waals surface area contributed by atoms with Crippen molar-refractivity contribution < 1.29 is 18.9 Å². The van der Waals surface area contributed by atoms with Gasteiger partial charge in [-0.15, -0.1) is 22.7 Å². The fourth-order valence-electron chi connectivity index (χ4n) is 7.07. The van der Waals surface area contributed by atoms with Crippen molar-refractivity contribution in [2.75, 3.05) is 38.2 Å². The molecule has 2 aromatic heterocycles. The Kier molecular flexibility index (Phi) is 14.0. The second kappa shape index (κ2) is 20.8. The second-order valence-electron chi connectivity index (χ2n) is 14.4. The van der Waals surface area contributed by atoms with Gasteiger partial charge in [0, 0.05) is 66.1 Å². The summed E-state index contributed by atoms with van der Waals surface area (Å²) in [6.07, 6.45) is 3.20. The zero-order valence-electron chi connectivity index (χ0n) is 36.5. The van der Waals surface area contributed by atoms with Crippen molar-refractivity contribution in [3.05, 3.63) is 191 Å². The maximum absolute atomic E-state index is 10.0. The number of methoxy groups -OCH3 is 4. The molecule has 0 aliphatic heterocycles. The van der Waals surface area contributed by atoms with Crippen LogP contribution in [0, 0.1) is 22.7 Å². The highest BCUT2D eigenvalue weighted by molar-refractivity contribution is 7.17. The number of nitriles is 2. The van der Waals surface area contributed by atoms with E-state index in [1.54, 1.807) is 40.9 Å². The first kappa shape index (κ1) is 44.2. The first-order valence-corrected chi connectivity index (χ1v) is 22.2. The summed E-state index contributed by atoms with van der Waals surface area (Å²) >= 11 is 3.06. The number of hydrogen-bond donors (Lipinski definition) is 0. The standard InChI is InChI=1S/C54H42N6O4S2/c1-61-45-21-13-41(14-22-45)59(42-15-23-46(62-2)24-16-42)39-9-5-37(6-10-39)53-31-29-49(65-53)35-57-51(33-55)52(34-56)58-36-50-30-32-54(66-50)38-7-11-40(12-8-38)60(43-17-25-47(63-3)26-18-43)44-19-27-48(64-4)28-20-44/h5-32,35-36H,1-4H3/b52-51+,57-35?,58-36?. The van der Waals surface area contributed by atoms with E-state index in [4.69, 9.17) is 18.9 Å². The quantitative estimate of drug-likeness (QED) is 0.0695. The SMILES string of the molecule is COc1ccc(N(c2ccc(OC)cc2)c2ccc(-c3ccc(C=N/C(C#N)=C(\C#N)N=Cc4ccc(-c5ccc(N(c6ccc(OC)cc6)c6ccc(OC)cc6)cc5)s4)s3)cc2)cc1. The molecule has 0 saturated heterocycles. The largest absolute Gasteiger partial charge is 0.497 e. The number of hydrogen-bond acceptors (Lipinski definition) is 12. The molecule has 2 heterocycles. The highest BCUT2D eigenvalue weighted by atomic mass is 32.1. The van der Waals surface area contributed by atoms with Crippen LogP contribution in [0.1, 0.15) is 9.75 Å². The molecule has 0 atom stereocenters. The number of allylic oxidation sites excluding steroid dienone is 2. The second-order valence-corrected chi connectivity index (χ2v) is 16.6. The van der Waals surface area contributed by atoms with Crippen molar-refractivity contribution in [3.63, 3.8) is 0 Å². The number of ether oxygens (including phenoxy) is 4. The Hall–Kier alpha value is -8.42. The van der Waals surface area contributed by atoms with Crippen LogP contribution in [0.2, 0.25) is 0 Å². The normalized spacial score (nSPS) is 11.4. The molecule has 0 bridgehead atoms. The minimum Gasteiger partial charge on any atom is -0.497 e. The summed E-state index contributed by atoms with van der Waals surface area (Å²) in [5, 5.41) is 20.0. The zero-order chi connectivity index (χ0) is 45.8. The van der Waals surface area contributed by atoms with Crippen LogP contribution in [0.15, 0.2) is 191 Å². The first-order chi connectivity index (χ1) is 32.4. The van der Waals surface area contributed by atoms with Gasteiger partial charge >= 0.3 is 0 Å². The summed E-state index contributed by atoms with van der Waals surface area (Å²) < 4.78 is 21.6. The molecule has 0 N–H and O–H groups in total. The van der Waals surface area contributed by atoms with Crippen LogP contribution in [-0.2, 0) is 0 Å². The number of aliphatic imine (C=N–C) groups is 2. The van der Waals surface area contributed by atoms with E-state index in [0.29, 0.717) is 0 Å². The molecule has 66 heavy (non-hydrogen) atoms. The van der Waals surface area contributed by atoms with Gasteiger partial charge in [-0.1, -0.05) is 24.3 Å². The summed E-state index contributed by atoms with van der Waals surface area (Å²) in [6.45, 7) is 0. The smallest absolute Gasteiger partial charge is 0.177 e. The van der Waals surface area contributed by atoms with E-state index in [9.17, 15) is 10.5 Å². The van der Waals surface area contributed by atoms with E-state index in [1.807, 2.05) is 121 Å². The molecule has 0 aliphatic carbocycles. The van der Waals surface area contributed by atoms with Gasteiger partial charge in [0.25, 0.3) is 0 Å². The lowest BCUT2D eigenvalue weighted by Gasteiger charge is -2.26. The first-order valence-electron chi connectivity index (χ1n) is 20.6. The van der Waals surface area contributed by atoms with E-state index in [2.05, 4.69) is 80.5 Å². The Morgan fingerprint density at radius 1 is 0.394 bits per heavy atom. The van der Waals surface area contributed by atoms with Gasteiger partial charge < -0.3 is 28.7 Å². The van der Waals surface area contributed by atoms with Gasteiger partial charge in [0.2, 0.25) is 0 Å². The third-order valence-corrected chi connectivity index (χ3v) is 12.6. The van der Waals surface area contributed by atoms with Gasteiger partial charge in [0.05, 0.1) is 28.4 Å². The molecule has 0 amide bonds. The highest BCUT2D eigenvalue weighted by Gasteiger charge is 2.16. The zero-order valence-corrected chi connectivity index (χ0v) is 38.1. The van der Waals surface area contributed by atoms with E-state index >= 15 is 0 Å². The van der Waals surface area contributed by atoms with Crippen molar-refractivity contribution in [2.24, 2.45) is 9.98 Å². The highest BCUT2D eigenvalue weighted by Crippen LogP contribution is 2.40. The van der Waals surface area contributed by atoms with Gasteiger partial charge in [-0.05, 0) is 157 Å². The predicted octanol–water partition coefficient (Wildman–Crippen LogP) is 13.9. The molecule has 324 valence electrons. The molecular weight excluding hydrogens is 861 g/mol. The third kappa shape index (κ3) is 10.2. The van der Waals surface area contributed by atoms with Crippen LogP contribution in [-0.4, -0.2) is 40.9 Å². The topological polar surface area (TPSA) is 116 Å². The summed E-state index contributed by atoms with van der Waals surface area (Å²) in [5.74, 6) is 3.12. The molecule has 0 fully saturated rings. The van der Waals surface area contributed by atoms with Crippen LogP contribution in [0.25, 0.3) is 20.9 Å². The third-order valence-electron chi connectivity index (χ3n) is 10.5. The number of thiophene rings is 2. The van der Waals surface area contributed by atoms with Gasteiger partial charge in [-0.2, -0.15) is 10.5 Å². The molecular formula is C54H42N6O4S2. The molecule has 0 radical (unpaired) electrons. The van der Waals surface area contributed by atoms with Crippen molar-refractivity contribution >= 4 is 69.2 Å². The Labute approximate surface area is 392 Å². The average Bonchev–Trinajstić information content (AvgIpc) is 4.07. The van der Waals surface area contributed by atoms with Crippen molar-refractivity contribution in [2.45, 2.75) is 0 Å². The lowest BCUT2D eigenvalue weighted by Crippen LogP contribution is -2.09. The Morgan fingerprint density at radius 3 is 0.894 bits per heavy atom. The van der Waals surface area contributed by atoms with E-state index in [-0.39, 0.29) is 11.4 Å². The molecule has 8 aromatic rings. The summed E-state index contributed by atoms with van der Waals surface area (Å²) in [6, 6.07) is 60.4. The Morgan fingerprint density at radius 2 is 0.652 bits per heavy atom. The number of anilines is 6. The van der Waals surface area contributed by atoms with Crippen LogP contribution >= 0.6 is 22.7 Å². The molecule has 0 saturated carbocycles. The fourth-order valence-corrected chi connectivity index (χ4v) is 8.84. The summed E-state index contributed by atoms with van der Waals surface area (Å²) in [4.78, 5) is 16.8. The predicted molar refractivity (Wildman–Crippen MR) is 269 cm³/mol. The Balaban J connectivity index is 0.958. The van der Waals surface area contributed by atoms with Crippen LogP contribution in [0.3, 0.4) is 0 Å². The number of nitrogens with zero attached hydrogens (tertiary/aromatic N) is 6. The van der Waals surface area contributed by atoms with Crippen molar-refractivity contribution in [1.82, 2.24) is 0 Å². The van der Waals surface area contributed by atoms with E-state index in [1.165, 1.54) is 22.7 Å². The van der Waals surface area contributed by atoms with E-state index in [0.717, 1.165) is 87.8 Å².